The van der Waals surface area contributed by atoms with Crippen molar-refractivity contribution in [1.82, 2.24) is 0 Å². The summed E-state index contributed by atoms with van der Waals surface area (Å²) in [6, 6.07) is 69.6. The summed E-state index contributed by atoms with van der Waals surface area (Å²) in [7, 11) is 0. The molecule has 0 amide bonds. The zero-order chi connectivity index (χ0) is 49.0. The summed E-state index contributed by atoms with van der Waals surface area (Å²) >= 11 is 0. The molecule has 72 heavy (non-hydrogen) atoms. The van der Waals surface area contributed by atoms with E-state index in [0.29, 0.717) is 13.2 Å². The van der Waals surface area contributed by atoms with Gasteiger partial charge in [-0.2, -0.15) is 0 Å². The molecule has 11 heteroatoms. The number of rotatable bonds is 25. The Bertz CT molecular complexity index is 2550. The lowest BCUT2D eigenvalue weighted by Crippen LogP contribution is -2.66. The maximum Gasteiger partial charge on any atom is 0.187 e. The summed E-state index contributed by atoms with van der Waals surface area (Å²) in [4.78, 5) is 0. The first kappa shape index (κ1) is 51.0. The zero-order valence-corrected chi connectivity index (χ0v) is 40.4. The summed E-state index contributed by atoms with van der Waals surface area (Å²) in [5.41, 5.74) is 6.77. The minimum atomic E-state index is -1.52. The van der Waals surface area contributed by atoms with Crippen LogP contribution in [0.4, 0.5) is 0 Å². The van der Waals surface area contributed by atoms with Gasteiger partial charge in [-0.05, 0) is 38.9 Å². The highest BCUT2D eigenvalue weighted by Crippen LogP contribution is 2.36. The summed E-state index contributed by atoms with van der Waals surface area (Å²) in [5, 5.41) is 12.3. The van der Waals surface area contributed by atoms with Crippen LogP contribution in [0.5, 0.6) is 0 Å². The predicted octanol–water partition coefficient (Wildman–Crippen LogP) is 10.2. The molecule has 9 rings (SSSR count). The lowest BCUT2D eigenvalue weighted by molar-refractivity contribution is -0.379. The molecule has 10 atom stereocenters. The second kappa shape index (κ2) is 27.2. The molecular formula is C61H64O11. The van der Waals surface area contributed by atoms with E-state index in [9.17, 15) is 5.11 Å². The molecule has 11 nitrogen and oxygen atoms in total. The van der Waals surface area contributed by atoms with Crippen LogP contribution in [-0.2, 0) is 93.6 Å². The zero-order valence-electron chi connectivity index (χ0n) is 40.4. The molecule has 0 spiro atoms. The van der Waals surface area contributed by atoms with Crippen LogP contribution in [0.25, 0.3) is 0 Å². The van der Waals surface area contributed by atoms with Gasteiger partial charge in [0, 0.05) is 0 Å². The summed E-state index contributed by atoms with van der Waals surface area (Å²) in [6.07, 6.45) is -9.48. The third-order valence-electron chi connectivity index (χ3n) is 12.7. The summed E-state index contributed by atoms with van der Waals surface area (Å²) in [6.45, 7) is 2.01. The van der Waals surface area contributed by atoms with Crippen molar-refractivity contribution in [2.75, 3.05) is 13.2 Å². The van der Waals surface area contributed by atoms with E-state index in [-0.39, 0.29) is 46.2 Å². The van der Waals surface area contributed by atoms with Crippen LogP contribution in [0.3, 0.4) is 0 Å². The number of hydrogen-bond donors (Lipinski definition) is 1. The van der Waals surface area contributed by atoms with Gasteiger partial charge < -0.3 is 52.5 Å². The quantitative estimate of drug-likeness (QED) is 0.0591. The van der Waals surface area contributed by atoms with Crippen molar-refractivity contribution in [3.05, 3.63) is 251 Å². The first-order valence-electron chi connectivity index (χ1n) is 24.8. The van der Waals surface area contributed by atoms with Crippen molar-refractivity contribution in [2.45, 2.75) is 108 Å². The number of hydrogen-bond acceptors (Lipinski definition) is 11. The molecule has 0 saturated carbocycles. The van der Waals surface area contributed by atoms with Gasteiger partial charge in [0.15, 0.2) is 12.6 Å². The first-order chi connectivity index (χ1) is 35.6. The van der Waals surface area contributed by atoms with Crippen LogP contribution < -0.4 is 0 Å². The molecule has 0 aliphatic carbocycles. The van der Waals surface area contributed by atoms with Crippen molar-refractivity contribution in [3.63, 3.8) is 0 Å². The normalized spacial score (nSPS) is 24.2. The van der Waals surface area contributed by atoms with Crippen molar-refractivity contribution in [1.29, 1.82) is 0 Å². The number of aliphatic hydroxyl groups is 1. The first-order valence-corrected chi connectivity index (χ1v) is 24.8. The Kier molecular flexibility index (Phi) is 19.3. The Hall–Kier alpha value is -5.90. The molecule has 0 bridgehead atoms. The topological polar surface area (TPSA) is 113 Å². The molecule has 0 aromatic heterocycles. The SMILES string of the molecule is O[C@@H]1OC(COCc2ccccc2)[C@H](OCc2ccccc2)C(OCc2ccccc2)C1O[C@H]1OC(COCc2ccccc2)[C@H](OCc2ccccc2)C(OCc2ccccc2)C1OCc1ccccc1. The standard InChI is InChI=1S/C61H64O11/c62-60-58(56(67-40-49-30-16-5-17-31-49)54(65-38-47-26-12-3-13-27-47)52(70-60)43-63-36-45-22-8-1-9-23-45)72-61-59(69-42-51-34-20-7-21-35-51)57(68-41-50-32-18-6-19-33-50)55(66-39-48-28-14-4-15-29-48)53(71-61)44-64-37-46-24-10-2-11-25-46/h1-35,52-62H,36-44H2/t52?,53?,54-,55-,56?,57?,58?,59?,60+,61+/m0/s1. The lowest BCUT2D eigenvalue weighted by Gasteiger charge is -2.49. The van der Waals surface area contributed by atoms with Gasteiger partial charge in [0.25, 0.3) is 0 Å². The van der Waals surface area contributed by atoms with Crippen LogP contribution in [0.15, 0.2) is 212 Å². The second-order valence-corrected chi connectivity index (χ2v) is 18.0. The number of benzene rings is 7. The fourth-order valence-electron chi connectivity index (χ4n) is 8.98. The Labute approximate surface area is 423 Å². The molecule has 2 saturated heterocycles. The van der Waals surface area contributed by atoms with Gasteiger partial charge in [0.1, 0.15) is 48.8 Å². The molecule has 2 heterocycles. The molecular weight excluding hydrogens is 909 g/mol. The third-order valence-corrected chi connectivity index (χ3v) is 12.7. The van der Waals surface area contributed by atoms with E-state index in [1.165, 1.54) is 0 Å². The molecule has 374 valence electrons. The molecule has 2 fully saturated rings. The van der Waals surface area contributed by atoms with Crippen LogP contribution in [0.2, 0.25) is 0 Å². The van der Waals surface area contributed by atoms with Crippen molar-refractivity contribution in [3.8, 4) is 0 Å². The number of aliphatic hydroxyl groups excluding tert-OH is 1. The smallest absolute Gasteiger partial charge is 0.187 e. The highest BCUT2D eigenvalue weighted by molar-refractivity contribution is 5.19. The Morgan fingerprint density at radius 2 is 0.556 bits per heavy atom. The maximum atomic E-state index is 12.3. The third kappa shape index (κ3) is 14.8. The molecule has 2 aliphatic heterocycles. The summed E-state index contributed by atoms with van der Waals surface area (Å²) in [5.74, 6) is 0. The van der Waals surface area contributed by atoms with E-state index in [0.717, 1.165) is 38.9 Å². The van der Waals surface area contributed by atoms with Crippen molar-refractivity contribution < 1.29 is 52.5 Å². The Morgan fingerprint density at radius 1 is 0.292 bits per heavy atom. The van der Waals surface area contributed by atoms with Gasteiger partial charge in [-0.25, -0.2) is 0 Å². The highest BCUT2D eigenvalue weighted by Gasteiger charge is 2.54. The van der Waals surface area contributed by atoms with Gasteiger partial charge in [-0.3, -0.25) is 0 Å². The van der Waals surface area contributed by atoms with Crippen LogP contribution in [0, 0.1) is 0 Å². The maximum absolute atomic E-state index is 12.3. The number of ether oxygens (including phenoxy) is 10. The van der Waals surface area contributed by atoms with Crippen LogP contribution in [0.1, 0.15) is 38.9 Å². The molecule has 0 radical (unpaired) electrons. The monoisotopic (exact) mass is 972 g/mol. The van der Waals surface area contributed by atoms with Gasteiger partial charge in [0.05, 0.1) is 59.5 Å². The highest BCUT2D eigenvalue weighted by atomic mass is 16.8. The average Bonchev–Trinajstić information content (AvgIpc) is 3.43. The van der Waals surface area contributed by atoms with E-state index < -0.39 is 61.4 Å². The predicted molar refractivity (Wildman–Crippen MR) is 272 cm³/mol. The van der Waals surface area contributed by atoms with E-state index in [4.69, 9.17) is 47.4 Å². The van der Waals surface area contributed by atoms with Gasteiger partial charge in [-0.15, -0.1) is 0 Å². The molecule has 7 aromatic carbocycles. The van der Waals surface area contributed by atoms with Crippen molar-refractivity contribution in [2.24, 2.45) is 0 Å². The fourth-order valence-corrected chi connectivity index (χ4v) is 8.98. The lowest BCUT2D eigenvalue weighted by atomic mass is 9.96. The van der Waals surface area contributed by atoms with Gasteiger partial charge in [0.2, 0.25) is 0 Å². The van der Waals surface area contributed by atoms with E-state index in [2.05, 4.69) is 0 Å². The molecule has 1 N–H and O–H groups in total. The fraction of sp³-hybridized carbons (Fsp3) is 0.311. The van der Waals surface area contributed by atoms with Crippen molar-refractivity contribution >= 4 is 0 Å². The molecule has 7 aromatic rings. The van der Waals surface area contributed by atoms with E-state index in [1.807, 2.05) is 212 Å². The Balaban J connectivity index is 1.07. The second-order valence-electron chi connectivity index (χ2n) is 18.0. The van der Waals surface area contributed by atoms with Gasteiger partial charge in [-0.1, -0.05) is 212 Å². The minimum absolute atomic E-state index is 0.0999. The molecule has 2 aliphatic rings. The van der Waals surface area contributed by atoms with Gasteiger partial charge >= 0.3 is 0 Å². The van der Waals surface area contributed by atoms with Crippen LogP contribution >= 0.6 is 0 Å². The van der Waals surface area contributed by atoms with E-state index >= 15 is 0 Å². The van der Waals surface area contributed by atoms with E-state index in [1.54, 1.807) is 0 Å². The van der Waals surface area contributed by atoms with Crippen LogP contribution in [-0.4, -0.2) is 79.7 Å². The summed E-state index contributed by atoms with van der Waals surface area (Å²) < 4.78 is 68.3. The Morgan fingerprint density at radius 3 is 0.889 bits per heavy atom. The molecule has 6 unspecified atom stereocenters. The largest absolute Gasteiger partial charge is 0.374 e. The average molecular weight is 973 g/mol. The minimum Gasteiger partial charge on any atom is -0.374 e.